The Morgan fingerprint density at radius 1 is 1.45 bits per heavy atom. The molecule has 2 heterocycles. The number of rotatable bonds is 5. The molecule has 0 radical (unpaired) electrons. The third-order valence-corrected chi connectivity index (χ3v) is 5.48. The Bertz CT molecular complexity index is 572. The summed E-state index contributed by atoms with van der Waals surface area (Å²) < 4.78 is 23.2. The van der Waals surface area contributed by atoms with Gasteiger partial charge in [0.2, 0.25) is 0 Å². The van der Waals surface area contributed by atoms with Crippen molar-refractivity contribution < 1.29 is 13.5 Å². The molecule has 1 N–H and O–H groups in total. The largest absolute Gasteiger partial charge is 0.392 e. The zero-order chi connectivity index (χ0) is 14.8. The minimum Gasteiger partial charge on any atom is -0.392 e. The molecular weight excluding hydrogens is 276 g/mol. The molecule has 1 aromatic heterocycles. The average Bonchev–Trinajstić information content (AvgIpc) is 2.78. The van der Waals surface area contributed by atoms with Gasteiger partial charge < -0.3 is 10.0 Å². The van der Waals surface area contributed by atoms with Crippen LogP contribution in [-0.2, 0) is 22.9 Å². The van der Waals surface area contributed by atoms with Crippen molar-refractivity contribution in [2.24, 2.45) is 0 Å². The second-order valence-electron chi connectivity index (χ2n) is 5.40. The van der Waals surface area contributed by atoms with E-state index in [4.69, 9.17) is 0 Å². The molecule has 112 valence electrons. The van der Waals surface area contributed by atoms with Crippen LogP contribution in [0.25, 0.3) is 0 Å². The lowest BCUT2D eigenvalue weighted by Crippen LogP contribution is -2.33. The minimum atomic E-state index is -2.90. The van der Waals surface area contributed by atoms with Gasteiger partial charge in [0.25, 0.3) is 0 Å². The molecule has 2 rings (SSSR count). The second kappa shape index (κ2) is 6.10. The van der Waals surface area contributed by atoms with E-state index in [1.807, 2.05) is 24.1 Å². The lowest BCUT2D eigenvalue weighted by atomic mass is 10.1. The second-order valence-corrected chi connectivity index (χ2v) is 7.63. The number of pyridine rings is 1. The van der Waals surface area contributed by atoms with Crippen molar-refractivity contribution in [1.82, 2.24) is 4.98 Å². The van der Waals surface area contributed by atoms with Crippen molar-refractivity contribution in [1.29, 1.82) is 0 Å². The average molecular weight is 298 g/mol. The van der Waals surface area contributed by atoms with Gasteiger partial charge in [0, 0.05) is 18.8 Å². The summed E-state index contributed by atoms with van der Waals surface area (Å²) in [5, 5.41) is 9.34. The van der Waals surface area contributed by atoms with E-state index in [1.54, 1.807) is 0 Å². The van der Waals surface area contributed by atoms with E-state index in [9.17, 15) is 13.5 Å². The Balaban J connectivity index is 2.24. The third-order valence-electron chi connectivity index (χ3n) is 3.73. The molecule has 1 aliphatic rings. The van der Waals surface area contributed by atoms with Gasteiger partial charge in [0.05, 0.1) is 18.1 Å². The maximum absolute atomic E-state index is 11.6. The molecule has 0 bridgehead atoms. The van der Waals surface area contributed by atoms with Crippen LogP contribution in [0.2, 0.25) is 0 Å². The molecule has 5 nitrogen and oxygen atoms in total. The molecule has 0 aliphatic carbocycles. The Morgan fingerprint density at radius 3 is 2.75 bits per heavy atom. The summed E-state index contributed by atoms with van der Waals surface area (Å²) in [4.78, 5) is 6.52. The molecule has 20 heavy (non-hydrogen) atoms. The van der Waals surface area contributed by atoms with Gasteiger partial charge in [-0.05, 0) is 30.5 Å². The number of aromatic nitrogens is 1. The summed E-state index contributed by atoms with van der Waals surface area (Å²) in [6.07, 6.45) is 2.49. The van der Waals surface area contributed by atoms with E-state index in [2.05, 4.69) is 11.9 Å². The molecule has 1 fully saturated rings. The Morgan fingerprint density at radius 2 is 2.20 bits per heavy atom. The molecular formula is C14H22N2O3S. The fourth-order valence-corrected chi connectivity index (χ4v) is 4.33. The van der Waals surface area contributed by atoms with E-state index in [1.165, 1.54) is 0 Å². The highest BCUT2D eigenvalue weighted by Crippen LogP contribution is 2.23. The number of hydrogen-bond donors (Lipinski definition) is 1. The van der Waals surface area contributed by atoms with Crippen LogP contribution < -0.4 is 4.90 Å². The molecule has 6 heteroatoms. The van der Waals surface area contributed by atoms with Gasteiger partial charge in [-0.3, -0.25) is 0 Å². The summed E-state index contributed by atoms with van der Waals surface area (Å²) in [6.45, 7) is 2.06. The fraction of sp³-hybridized carbons (Fsp3) is 0.643. The topological polar surface area (TPSA) is 70.5 Å². The van der Waals surface area contributed by atoms with Crippen LogP contribution >= 0.6 is 0 Å². The lowest BCUT2D eigenvalue weighted by molar-refractivity contribution is 0.281. The minimum absolute atomic E-state index is 0.0177. The van der Waals surface area contributed by atoms with Crippen LogP contribution in [0.15, 0.2) is 12.1 Å². The smallest absolute Gasteiger partial charge is 0.152 e. The van der Waals surface area contributed by atoms with Crippen LogP contribution in [0, 0.1) is 0 Å². The summed E-state index contributed by atoms with van der Waals surface area (Å²) in [7, 11) is -1.02. The van der Waals surface area contributed by atoms with E-state index in [0.29, 0.717) is 6.42 Å². The first-order chi connectivity index (χ1) is 9.45. The van der Waals surface area contributed by atoms with Crippen molar-refractivity contribution in [3.8, 4) is 0 Å². The molecule has 1 aliphatic heterocycles. The summed E-state index contributed by atoms with van der Waals surface area (Å²) in [5.74, 6) is 1.20. The molecule has 1 atom stereocenters. The maximum atomic E-state index is 11.6. The summed E-state index contributed by atoms with van der Waals surface area (Å²) in [5.41, 5.74) is 1.77. The predicted molar refractivity (Wildman–Crippen MR) is 79.6 cm³/mol. The normalized spacial score (nSPS) is 21.1. The first-order valence-corrected chi connectivity index (χ1v) is 8.81. The first-order valence-electron chi connectivity index (χ1n) is 6.99. The van der Waals surface area contributed by atoms with Crippen LogP contribution in [-0.4, -0.2) is 43.1 Å². The molecule has 1 aromatic rings. The maximum Gasteiger partial charge on any atom is 0.152 e. The highest BCUT2D eigenvalue weighted by atomic mass is 32.2. The van der Waals surface area contributed by atoms with Crippen LogP contribution in [0.4, 0.5) is 5.82 Å². The van der Waals surface area contributed by atoms with Crippen molar-refractivity contribution >= 4 is 15.7 Å². The van der Waals surface area contributed by atoms with Crippen LogP contribution in [0.3, 0.4) is 0 Å². The molecule has 0 spiro atoms. The standard InChI is InChI=1S/C14H22N2O3S/c1-3-4-12-7-11(9-17)8-14(15-12)16(2)13-5-6-20(18,19)10-13/h7-8,13,17H,3-6,9-10H2,1-2H3. The van der Waals surface area contributed by atoms with E-state index in [0.717, 1.165) is 29.9 Å². The van der Waals surface area contributed by atoms with Gasteiger partial charge in [-0.2, -0.15) is 0 Å². The van der Waals surface area contributed by atoms with E-state index < -0.39 is 9.84 Å². The number of nitrogens with zero attached hydrogens (tertiary/aromatic N) is 2. The van der Waals surface area contributed by atoms with Crippen molar-refractivity contribution in [3.63, 3.8) is 0 Å². The van der Waals surface area contributed by atoms with Gasteiger partial charge in [0.15, 0.2) is 9.84 Å². The Kier molecular flexibility index (Phi) is 4.65. The van der Waals surface area contributed by atoms with Crippen molar-refractivity contribution in [2.45, 2.75) is 38.8 Å². The zero-order valence-electron chi connectivity index (χ0n) is 12.0. The molecule has 0 saturated carbocycles. The zero-order valence-corrected chi connectivity index (χ0v) is 12.9. The number of aliphatic hydroxyl groups is 1. The van der Waals surface area contributed by atoms with Gasteiger partial charge in [-0.15, -0.1) is 0 Å². The molecule has 0 aromatic carbocycles. The highest BCUT2D eigenvalue weighted by molar-refractivity contribution is 7.91. The van der Waals surface area contributed by atoms with Gasteiger partial charge in [-0.25, -0.2) is 13.4 Å². The van der Waals surface area contributed by atoms with Gasteiger partial charge in [-0.1, -0.05) is 13.3 Å². The summed E-state index contributed by atoms with van der Waals surface area (Å²) in [6, 6.07) is 3.73. The number of anilines is 1. The number of aryl methyl sites for hydroxylation is 1. The number of sulfone groups is 1. The lowest BCUT2D eigenvalue weighted by Gasteiger charge is -2.25. The quantitative estimate of drug-likeness (QED) is 0.883. The highest BCUT2D eigenvalue weighted by Gasteiger charge is 2.31. The van der Waals surface area contributed by atoms with Gasteiger partial charge >= 0.3 is 0 Å². The molecule has 0 amide bonds. The monoisotopic (exact) mass is 298 g/mol. The fourth-order valence-electron chi connectivity index (χ4n) is 2.56. The number of hydrogen-bond acceptors (Lipinski definition) is 5. The third kappa shape index (κ3) is 3.49. The van der Waals surface area contributed by atoms with Gasteiger partial charge in [0.1, 0.15) is 5.82 Å². The van der Waals surface area contributed by atoms with Crippen LogP contribution in [0.5, 0.6) is 0 Å². The van der Waals surface area contributed by atoms with Crippen LogP contribution in [0.1, 0.15) is 31.0 Å². The van der Waals surface area contributed by atoms with E-state index in [-0.39, 0.29) is 24.2 Å². The molecule has 1 saturated heterocycles. The SMILES string of the molecule is CCCc1cc(CO)cc(N(C)C2CCS(=O)(=O)C2)n1. The van der Waals surface area contributed by atoms with Crippen molar-refractivity contribution in [2.75, 3.05) is 23.5 Å². The Labute approximate surface area is 120 Å². The number of aliphatic hydroxyl groups excluding tert-OH is 1. The predicted octanol–water partition coefficient (Wildman–Crippen LogP) is 1.15. The van der Waals surface area contributed by atoms with E-state index >= 15 is 0 Å². The molecule has 1 unspecified atom stereocenters. The summed E-state index contributed by atoms with van der Waals surface area (Å²) >= 11 is 0. The Hall–Kier alpha value is -1.14. The van der Waals surface area contributed by atoms with Crippen molar-refractivity contribution in [3.05, 3.63) is 23.4 Å². The first kappa shape index (κ1) is 15.3.